The van der Waals surface area contributed by atoms with Crippen molar-refractivity contribution in [2.45, 2.75) is 52.4 Å². The van der Waals surface area contributed by atoms with E-state index in [1.165, 1.54) is 0 Å². The number of ether oxygens (including phenoxy) is 2. The molecule has 1 atom stereocenters. The van der Waals surface area contributed by atoms with Gasteiger partial charge in [0, 0.05) is 5.56 Å². The van der Waals surface area contributed by atoms with Crippen molar-refractivity contribution in [3.8, 4) is 5.88 Å². The number of carboxylic acid groups (broad SMARTS) is 1. The molecule has 0 saturated heterocycles. The number of benzene rings is 1. The average molecular weight is 392 g/mol. The Balaban J connectivity index is 2.18. The molecule has 1 heterocycles. The van der Waals surface area contributed by atoms with Gasteiger partial charge < -0.3 is 19.9 Å². The zero-order valence-corrected chi connectivity index (χ0v) is 16.6. The Morgan fingerprint density at radius 2 is 1.93 bits per heavy atom. The summed E-state index contributed by atoms with van der Waals surface area (Å²) in [6.07, 6.45) is -0.271. The molecule has 0 spiro atoms. The molecule has 1 unspecified atom stereocenters. The third-order valence-corrected chi connectivity index (χ3v) is 4.46. The highest BCUT2D eigenvalue weighted by Crippen LogP contribution is 2.32. The average Bonchev–Trinajstić information content (AvgIpc) is 2.99. The summed E-state index contributed by atoms with van der Waals surface area (Å²) in [5.41, 5.74) is 0.924. The molecule has 0 aliphatic heterocycles. The summed E-state index contributed by atoms with van der Waals surface area (Å²) in [5.74, 6) is -0.799. The molecule has 0 saturated carbocycles. The lowest BCUT2D eigenvalue weighted by Crippen LogP contribution is -2.38. The Morgan fingerprint density at radius 1 is 1.26 bits per heavy atom. The van der Waals surface area contributed by atoms with Gasteiger partial charge in [0.15, 0.2) is 6.04 Å². The molecule has 0 fully saturated rings. The third kappa shape index (κ3) is 5.96. The lowest BCUT2D eigenvalue weighted by atomic mass is 10.1. The van der Waals surface area contributed by atoms with E-state index in [1.807, 2.05) is 37.3 Å². The summed E-state index contributed by atoms with van der Waals surface area (Å²) < 4.78 is 15.2. The molecule has 27 heavy (non-hydrogen) atoms. The lowest BCUT2D eigenvalue weighted by Gasteiger charge is -2.21. The summed E-state index contributed by atoms with van der Waals surface area (Å²) >= 11 is 1.01. The fourth-order valence-electron chi connectivity index (χ4n) is 2.36. The highest BCUT2D eigenvalue weighted by atomic mass is 32.1. The van der Waals surface area contributed by atoms with E-state index in [1.54, 1.807) is 20.8 Å². The van der Waals surface area contributed by atoms with Crippen molar-refractivity contribution in [2.75, 3.05) is 0 Å². The number of nitrogens with one attached hydrogen (secondary N) is 1. The number of carboxylic acids is 1. The maximum absolute atomic E-state index is 12.0. The van der Waals surface area contributed by atoms with Gasteiger partial charge in [-0.3, -0.25) is 0 Å². The number of aromatic nitrogens is 1. The minimum absolute atomic E-state index is 0.328. The third-order valence-electron chi connectivity index (χ3n) is 3.52. The minimum atomic E-state index is -1.25. The van der Waals surface area contributed by atoms with E-state index in [2.05, 4.69) is 9.69 Å². The standard InChI is InChI=1S/C19H24N2O5S/c1-5-13-15(14(17(22)23)20-18(24)26-19(2,3)4)27-21-16(13)25-11-12-9-7-6-8-10-12/h6-10,14H,5,11H2,1-4H3,(H,20,24)(H,22,23). The predicted octanol–water partition coefficient (Wildman–Crippen LogP) is 3.93. The minimum Gasteiger partial charge on any atom is -0.479 e. The molecule has 1 amide bonds. The van der Waals surface area contributed by atoms with Crippen molar-refractivity contribution < 1.29 is 24.2 Å². The fraction of sp³-hybridized carbons (Fsp3) is 0.421. The van der Waals surface area contributed by atoms with E-state index in [0.29, 0.717) is 29.3 Å². The predicted molar refractivity (Wildman–Crippen MR) is 102 cm³/mol. The summed E-state index contributed by atoms with van der Waals surface area (Å²) in [6.45, 7) is 7.34. The Kier molecular flexibility index (Phi) is 6.79. The highest BCUT2D eigenvalue weighted by molar-refractivity contribution is 7.06. The number of nitrogens with zero attached hydrogens (tertiary/aromatic N) is 1. The van der Waals surface area contributed by atoms with Crippen LogP contribution in [0.5, 0.6) is 5.88 Å². The maximum Gasteiger partial charge on any atom is 0.408 e. The van der Waals surface area contributed by atoms with Gasteiger partial charge in [-0.25, -0.2) is 9.59 Å². The van der Waals surface area contributed by atoms with Gasteiger partial charge in [-0.15, -0.1) is 0 Å². The Labute approximate surface area is 162 Å². The number of hydrogen-bond donors (Lipinski definition) is 2. The zero-order valence-electron chi connectivity index (χ0n) is 15.8. The summed E-state index contributed by atoms with van der Waals surface area (Å²) in [4.78, 5) is 24.2. The zero-order chi connectivity index (χ0) is 20.0. The van der Waals surface area contributed by atoms with E-state index >= 15 is 0 Å². The second-order valence-corrected chi connectivity index (χ2v) is 7.68. The number of rotatable bonds is 7. The highest BCUT2D eigenvalue weighted by Gasteiger charge is 2.30. The molecule has 1 aromatic heterocycles. The van der Waals surface area contributed by atoms with Crippen molar-refractivity contribution in [3.05, 3.63) is 46.3 Å². The first-order valence-corrected chi connectivity index (χ1v) is 9.36. The largest absolute Gasteiger partial charge is 0.479 e. The van der Waals surface area contributed by atoms with Gasteiger partial charge in [-0.05, 0) is 44.3 Å². The lowest BCUT2D eigenvalue weighted by molar-refractivity contribution is -0.139. The second kappa shape index (κ2) is 8.85. The first-order chi connectivity index (χ1) is 12.7. The molecule has 8 heteroatoms. The van der Waals surface area contributed by atoms with Crippen LogP contribution < -0.4 is 10.1 Å². The summed E-state index contributed by atoms with van der Waals surface area (Å²) in [6, 6.07) is 8.36. The van der Waals surface area contributed by atoms with Crippen LogP contribution in [0.4, 0.5) is 4.79 Å². The molecule has 0 aliphatic carbocycles. The second-order valence-electron chi connectivity index (χ2n) is 6.88. The van der Waals surface area contributed by atoms with Crippen molar-refractivity contribution in [1.29, 1.82) is 0 Å². The number of aliphatic carboxylic acids is 1. The monoisotopic (exact) mass is 392 g/mol. The van der Waals surface area contributed by atoms with Crippen LogP contribution in [0.15, 0.2) is 30.3 Å². The van der Waals surface area contributed by atoms with Crippen LogP contribution in [0, 0.1) is 0 Å². The molecule has 1 aromatic carbocycles. The number of carbonyl (C=O) groups is 2. The Morgan fingerprint density at radius 3 is 2.48 bits per heavy atom. The molecule has 2 rings (SSSR count). The van der Waals surface area contributed by atoms with Crippen molar-refractivity contribution in [2.24, 2.45) is 0 Å². The smallest absolute Gasteiger partial charge is 0.408 e. The first kappa shape index (κ1) is 20.7. The Bertz CT molecular complexity index is 783. The van der Waals surface area contributed by atoms with Crippen LogP contribution in [-0.4, -0.2) is 27.1 Å². The van der Waals surface area contributed by atoms with Crippen LogP contribution in [0.2, 0.25) is 0 Å². The van der Waals surface area contributed by atoms with Crippen LogP contribution >= 0.6 is 11.5 Å². The first-order valence-electron chi connectivity index (χ1n) is 8.58. The van der Waals surface area contributed by atoms with Gasteiger partial charge in [-0.2, -0.15) is 4.37 Å². The topological polar surface area (TPSA) is 97.8 Å². The summed E-state index contributed by atoms with van der Waals surface area (Å²) in [7, 11) is 0. The molecule has 2 N–H and O–H groups in total. The summed E-state index contributed by atoms with van der Waals surface area (Å²) in [5, 5.41) is 12.0. The molecule has 0 bridgehead atoms. The SMILES string of the molecule is CCc1c(OCc2ccccc2)nsc1C(NC(=O)OC(C)(C)C)C(=O)O. The van der Waals surface area contributed by atoms with E-state index in [4.69, 9.17) is 9.47 Å². The van der Waals surface area contributed by atoms with E-state index in [9.17, 15) is 14.7 Å². The van der Waals surface area contributed by atoms with E-state index in [0.717, 1.165) is 17.1 Å². The molecule has 0 aliphatic rings. The van der Waals surface area contributed by atoms with Gasteiger partial charge in [0.05, 0.1) is 4.88 Å². The molecule has 0 radical (unpaired) electrons. The van der Waals surface area contributed by atoms with Gasteiger partial charge in [0.1, 0.15) is 12.2 Å². The van der Waals surface area contributed by atoms with Gasteiger partial charge in [0.25, 0.3) is 0 Å². The van der Waals surface area contributed by atoms with Crippen molar-refractivity contribution in [3.63, 3.8) is 0 Å². The normalized spacial score (nSPS) is 12.3. The van der Waals surface area contributed by atoms with Crippen LogP contribution in [0.25, 0.3) is 0 Å². The van der Waals surface area contributed by atoms with E-state index in [-0.39, 0.29) is 0 Å². The molecule has 146 valence electrons. The van der Waals surface area contributed by atoms with Crippen LogP contribution in [0.3, 0.4) is 0 Å². The number of hydrogen-bond acceptors (Lipinski definition) is 6. The maximum atomic E-state index is 12.0. The quantitative estimate of drug-likeness (QED) is 0.741. The molecular formula is C19H24N2O5S. The van der Waals surface area contributed by atoms with Crippen molar-refractivity contribution in [1.82, 2.24) is 9.69 Å². The van der Waals surface area contributed by atoms with Gasteiger partial charge in [0.2, 0.25) is 5.88 Å². The molecular weight excluding hydrogens is 368 g/mol. The molecule has 7 nitrogen and oxygen atoms in total. The van der Waals surface area contributed by atoms with Gasteiger partial charge >= 0.3 is 12.1 Å². The molecule has 2 aromatic rings. The van der Waals surface area contributed by atoms with Crippen molar-refractivity contribution >= 4 is 23.6 Å². The van der Waals surface area contributed by atoms with Crippen LogP contribution in [-0.2, 0) is 22.6 Å². The Hall–Kier alpha value is -2.61. The number of amides is 1. The number of alkyl carbamates (subject to hydrolysis) is 1. The van der Waals surface area contributed by atoms with Crippen LogP contribution in [0.1, 0.15) is 49.7 Å². The number of carbonyl (C=O) groups excluding carboxylic acids is 1. The van der Waals surface area contributed by atoms with Gasteiger partial charge in [-0.1, -0.05) is 37.3 Å². The van der Waals surface area contributed by atoms with E-state index < -0.39 is 23.7 Å². The fourth-order valence-corrected chi connectivity index (χ4v) is 3.31.